The molecule has 0 spiro atoms. The molecule has 1 aromatic carbocycles. The second-order valence-electron chi connectivity index (χ2n) is 7.79. The monoisotopic (exact) mass is 419 g/mol. The Bertz CT molecular complexity index is 752. The number of nitrogens with one attached hydrogen (secondary N) is 1. The Morgan fingerprint density at radius 3 is 2.43 bits per heavy atom. The summed E-state index contributed by atoms with van der Waals surface area (Å²) in [4.78, 5) is 17.1. The SMILES string of the molecule is Cl.O=C(CSc1ncc(-c2ccccc2)n1C1CCCC1)NC1CCCCC1. The van der Waals surface area contributed by atoms with Gasteiger partial charge in [-0.1, -0.05) is 74.2 Å². The molecular weight excluding hydrogens is 390 g/mol. The maximum absolute atomic E-state index is 12.4. The molecule has 28 heavy (non-hydrogen) atoms. The highest BCUT2D eigenvalue weighted by molar-refractivity contribution is 7.99. The van der Waals surface area contributed by atoms with Crippen molar-refractivity contribution in [2.24, 2.45) is 0 Å². The molecule has 0 saturated heterocycles. The largest absolute Gasteiger partial charge is 0.353 e. The molecule has 2 aromatic rings. The third kappa shape index (κ3) is 5.12. The van der Waals surface area contributed by atoms with Crippen LogP contribution in [0.1, 0.15) is 63.8 Å². The summed E-state index contributed by atoms with van der Waals surface area (Å²) >= 11 is 1.59. The zero-order valence-electron chi connectivity index (χ0n) is 16.3. The fourth-order valence-electron chi connectivity index (χ4n) is 4.43. The Morgan fingerprint density at radius 2 is 1.71 bits per heavy atom. The molecule has 4 nitrogen and oxygen atoms in total. The number of hydrogen-bond donors (Lipinski definition) is 1. The number of aromatic nitrogens is 2. The number of carbonyl (C=O) groups excluding carboxylic acids is 1. The van der Waals surface area contributed by atoms with Crippen LogP contribution < -0.4 is 5.32 Å². The molecule has 0 bridgehead atoms. The Kier molecular flexibility index (Phi) is 7.86. The van der Waals surface area contributed by atoms with Crippen molar-refractivity contribution in [3.05, 3.63) is 36.5 Å². The minimum Gasteiger partial charge on any atom is -0.353 e. The number of rotatable bonds is 6. The molecule has 1 amide bonds. The summed E-state index contributed by atoms with van der Waals surface area (Å²) in [7, 11) is 0. The number of amides is 1. The molecular formula is C22H30ClN3OS. The van der Waals surface area contributed by atoms with Gasteiger partial charge in [-0.05, 0) is 31.2 Å². The summed E-state index contributed by atoms with van der Waals surface area (Å²) in [6.45, 7) is 0. The van der Waals surface area contributed by atoms with Gasteiger partial charge in [0, 0.05) is 12.1 Å². The fourth-order valence-corrected chi connectivity index (χ4v) is 5.29. The van der Waals surface area contributed by atoms with E-state index in [0.717, 1.165) is 18.0 Å². The van der Waals surface area contributed by atoms with Crippen molar-refractivity contribution < 1.29 is 4.79 Å². The average Bonchev–Trinajstić information content (AvgIpc) is 3.37. The van der Waals surface area contributed by atoms with E-state index < -0.39 is 0 Å². The van der Waals surface area contributed by atoms with Crippen molar-refractivity contribution in [3.8, 4) is 11.3 Å². The van der Waals surface area contributed by atoms with Gasteiger partial charge in [-0.15, -0.1) is 12.4 Å². The number of imidazole rings is 1. The van der Waals surface area contributed by atoms with Gasteiger partial charge in [0.05, 0.1) is 17.6 Å². The second kappa shape index (κ2) is 10.4. The molecule has 1 heterocycles. The summed E-state index contributed by atoms with van der Waals surface area (Å²) in [5.41, 5.74) is 2.38. The van der Waals surface area contributed by atoms with E-state index in [1.807, 2.05) is 12.3 Å². The van der Waals surface area contributed by atoms with Crippen LogP contribution in [0.2, 0.25) is 0 Å². The van der Waals surface area contributed by atoms with E-state index in [9.17, 15) is 4.79 Å². The third-order valence-corrected chi connectivity index (χ3v) is 6.79. The maximum Gasteiger partial charge on any atom is 0.230 e. The third-order valence-electron chi connectivity index (χ3n) is 5.82. The van der Waals surface area contributed by atoms with E-state index in [-0.39, 0.29) is 18.3 Å². The van der Waals surface area contributed by atoms with Gasteiger partial charge in [0.1, 0.15) is 0 Å². The first-order valence-corrected chi connectivity index (χ1v) is 11.3. The van der Waals surface area contributed by atoms with Crippen LogP contribution in [0, 0.1) is 0 Å². The van der Waals surface area contributed by atoms with Crippen LogP contribution in [0.25, 0.3) is 11.3 Å². The Labute approximate surface area is 178 Å². The Hall–Kier alpha value is -1.46. The normalized spacial score (nSPS) is 18.0. The van der Waals surface area contributed by atoms with Crippen molar-refractivity contribution >= 4 is 30.1 Å². The Morgan fingerprint density at radius 1 is 1.04 bits per heavy atom. The number of halogens is 1. The predicted molar refractivity (Wildman–Crippen MR) is 118 cm³/mol. The minimum absolute atomic E-state index is 0. The van der Waals surface area contributed by atoms with Gasteiger partial charge in [0.2, 0.25) is 5.91 Å². The number of thioether (sulfide) groups is 1. The highest BCUT2D eigenvalue weighted by Gasteiger charge is 2.24. The molecule has 0 aliphatic heterocycles. The highest BCUT2D eigenvalue weighted by atomic mass is 35.5. The first-order chi connectivity index (χ1) is 13.3. The van der Waals surface area contributed by atoms with E-state index in [4.69, 9.17) is 4.98 Å². The average molecular weight is 420 g/mol. The molecule has 1 aromatic heterocycles. The van der Waals surface area contributed by atoms with Crippen molar-refractivity contribution in [2.45, 2.75) is 75.0 Å². The van der Waals surface area contributed by atoms with Crippen LogP contribution >= 0.6 is 24.2 Å². The van der Waals surface area contributed by atoms with Crippen LogP contribution in [-0.4, -0.2) is 27.3 Å². The lowest BCUT2D eigenvalue weighted by Gasteiger charge is -2.23. The quantitative estimate of drug-likeness (QED) is 0.617. The summed E-state index contributed by atoms with van der Waals surface area (Å²) < 4.78 is 2.39. The number of carbonyl (C=O) groups is 1. The van der Waals surface area contributed by atoms with Gasteiger partial charge in [-0.25, -0.2) is 4.98 Å². The van der Waals surface area contributed by atoms with Crippen molar-refractivity contribution in [3.63, 3.8) is 0 Å². The highest BCUT2D eigenvalue weighted by Crippen LogP contribution is 2.37. The lowest BCUT2D eigenvalue weighted by molar-refractivity contribution is -0.119. The summed E-state index contributed by atoms with van der Waals surface area (Å²) in [5, 5.41) is 4.21. The lowest BCUT2D eigenvalue weighted by Crippen LogP contribution is -2.37. The van der Waals surface area contributed by atoms with Crippen LogP contribution in [0.5, 0.6) is 0 Å². The minimum atomic E-state index is 0. The molecule has 2 aliphatic rings. The molecule has 4 rings (SSSR count). The van der Waals surface area contributed by atoms with Gasteiger partial charge >= 0.3 is 0 Å². The smallest absolute Gasteiger partial charge is 0.230 e. The van der Waals surface area contributed by atoms with Gasteiger partial charge in [-0.3, -0.25) is 4.79 Å². The molecule has 2 fully saturated rings. The first kappa shape index (κ1) is 21.3. The predicted octanol–water partition coefficient (Wildman–Crippen LogP) is 5.63. The van der Waals surface area contributed by atoms with Gasteiger partial charge in [0.15, 0.2) is 5.16 Å². The van der Waals surface area contributed by atoms with Crippen LogP contribution in [0.15, 0.2) is 41.7 Å². The zero-order valence-corrected chi connectivity index (χ0v) is 17.9. The number of hydrogen-bond acceptors (Lipinski definition) is 3. The maximum atomic E-state index is 12.4. The second-order valence-corrected chi connectivity index (χ2v) is 8.73. The van der Waals surface area contributed by atoms with Crippen LogP contribution in [0.3, 0.4) is 0 Å². The Balaban J connectivity index is 0.00000225. The molecule has 6 heteroatoms. The molecule has 1 N–H and O–H groups in total. The topological polar surface area (TPSA) is 46.9 Å². The van der Waals surface area contributed by atoms with Crippen LogP contribution in [-0.2, 0) is 4.79 Å². The van der Waals surface area contributed by atoms with E-state index >= 15 is 0 Å². The summed E-state index contributed by atoms with van der Waals surface area (Å²) in [5.74, 6) is 0.600. The number of nitrogens with zero attached hydrogens (tertiary/aromatic N) is 2. The van der Waals surface area contributed by atoms with Gasteiger partial charge in [0.25, 0.3) is 0 Å². The lowest BCUT2D eigenvalue weighted by atomic mass is 9.95. The fraction of sp³-hybridized carbons (Fsp3) is 0.545. The molecule has 152 valence electrons. The molecule has 2 saturated carbocycles. The van der Waals surface area contributed by atoms with E-state index in [1.165, 1.54) is 56.2 Å². The molecule has 0 unspecified atom stereocenters. The molecule has 0 radical (unpaired) electrons. The first-order valence-electron chi connectivity index (χ1n) is 10.4. The standard InChI is InChI=1S/C22H29N3OS.ClH/c26-21(24-18-11-5-2-6-12-18)16-27-22-23-15-20(17-9-3-1-4-10-17)25(22)19-13-7-8-14-19;/h1,3-4,9-10,15,18-19H,2,5-8,11-14,16H2,(H,24,26);1H. The summed E-state index contributed by atoms with van der Waals surface area (Å²) in [6, 6.07) is 11.4. The summed E-state index contributed by atoms with van der Waals surface area (Å²) in [6.07, 6.45) is 13.0. The van der Waals surface area contributed by atoms with Gasteiger partial charge in [-0.2, -0.15) is 0 Å². The van der Waals surface area contributed by atoms with E-state index in [2.05, 4.69) is 34.1 Å². The van der Waals surface area contributed by atoms with Crippen molar-refractivity contribution in [1.29, 1.82) is 0 Å². The molecule has 0 atom stereocenters. The zero-order chi connectivity index (χ0) is 18.5. The number of benzene rings is 1. The van der Waals surface area contributed by atoms with Crippen LogP contribution in [0.4, 0.5) is 0 Å². The molecule has 2 aliphatic carbocycles. The van der Waals surface area contributed by atoms with Gasteiger partial charge < -0.3 is 9.88 Å². The van der Waals surface area contributed by atoms with Crippen molar-refractivity contribution in [2.75, 3.05) is 5.75 Å². The van der Waals surface area contributed by atoms with E-state index in [1.54, 1.807) is 11.8 Å². The van der Waals surface area contributed by atoms with E-state index in [0.29, 0.717) is 17.8 Å². The van der Waals surface area contributed by atoms with Crippen molar-refractivity contribution in [1.82, 2.24) is 14.9 Å².